The second-order valence-electron chi connectivity index (χ2n) is 9.85. The lowest BCUT2D eigenvalue weighted by Crippen LogP contribution is -2.39. The maximum absolute atomic E-state index is 14.9. The Morgan fingerprint density at radius 2 is 1.86 bits per heavy atom. The SMILES string of the molecule is COC(=O)CC1CCN(C(=O)c2cnc(Cl)c(Cc3cc4c(F)cc(C5CC5)cc4n3C)c2Cl)CC1. The quantitative estimate of drug-likeness (QED) is 0.293. The Balaban J connectivity index is 1.38. The number of fused-ring (bicyclic) bond motifs is 1. The zero-order valence-electron chi connectivity index (χ0n) is 20.3. The highest BCUT2D eigenvalue weighted by atomic mass is 35.5. The van der Waals surface area contributed by atoms with E-state index in [0.29, 0.717) is 48.4 Å². The van der Waals surface area contributed by atoms with E-state index in [-0.39, 0.29) is 33.8 Å². The van der Waals surface area contributed by atoms with Gasteiger partial charge in [0.2, 0.25) is 0 Å². The van der Waals surface area contributed by atoms with E-state index in [1.54, 1.807) is 11.0 Å². The number of nitrogens with zero attached hydrogens (tertiary/aromatic N) is 3. The van der Waals surface area contributed by atoms with Crippen molar-refractivity contribution in [2.24, 2.45) is 13.0 Å². The second kappa shape index (κ2) is 10.0. The van der Waals surface area contributed by atoms with Gasteiger partial charge in [-0.1, -0.05) is 23.2 Å². The van der Waals surface area contributed by atoms with Crippen molar-refractivity contribution in [2.45, 2.75) is 44.4 Å². The summed E-state index contributed by atoms with van der Waals surface area (Å²) in [5, 5.41) is 1.04. The number of piperidine rings is 1. The number of esters is 1. The molecule has 0 radical (unpaired) electrons. The van der Waals surface area contributed by atoms with E-state index in [0.717, 1.165) is 42.5 Å². The largest absolute Gasteiger partial charge is 0.469 e. The Morgan fingerprint density at radius 1 is 1.14 bits per heavy atom. The minimum Gasteiger partial charge on any atom is -0.469 e. The van der Waals surface area contributed by atoms with Crippen LogP contribution in [0.5, 0.6) is 0 Å². The molecule has 6 nitrogen and oxygen atoms in total. The Kier molecular flexibility index (Phi) is 6.97. The lowest BCUT2D eigenvalue weighted by Gasteiger charge is -2.31. The van der Waals surface area contributed by atoms with Crippen LogP contribution in [0, 0.1) is 11.7 Å². The number of pyridine rings is 1. The van der Waals surface area contributed by atoms with Crippen molar-refractivity contribution in [2.75, 3.05) is 20.2 Å². The number of hydrogen-bond donors (Lipinski definition) is 0. The Labute approximate surface area is 219 Å². The first-order chi connectivity index (χ1) is 17.3. The van der Waals surface area contributed by atoms with Gasteiger partial charge >= 0.3 is 5.97 Å². The molecule has 0 bridgehead atoms. The predicted molar refractivity (Wildman–Crippen MR) is 137 cm³/mol. The van der Waals surface area contributed by atoms with Gasteiger partial charge in [-0.05, 0) is 61.3 Å². The highest BCUT2D eigenvalue weighted by Crippen LogP contribution is 2.42. The maximum Gasteiger partial charge on any atom is 0.305 e. The monoisotopic (exact) mass is 531 g/mol. The zero-order chi connectivity index (χ0) is 25.6. The van der Waals surface area contributed by atoms with Crippen molar-refractivity contribution in [1.82, 2.24) is 14.5 Å². The van der Waals surface area contributed by atoms with Gasteiger partial charge in [-0.2, -0.15) is 0 Å². The van der Waals surface area contributed by atoms with Crippen LogP contribution >= 0.6 is 23.2 Å². The number of likely N-dealkylation sites (tertiary alicyclic amines) is 1. The normalized spacial score (nSPS) is 16.5. The number of carbonyl (C=O) groups excluding carboxylic acids is 2. The minimum absolute atomic E-state index is 0.197. The molecule has 3 heterocycles. The number of methoxy groups -OCH3 is 1. The second-order valence-corrected chi connectivity index (χ2v) is 10.6. The Bertz CT molecular complexity index is 1340. The van der Waals surface area contributed by atoms with Gasteiger partial charge in [-0.15, -0.1) is 0 Å². The third-order valence-corrected chi connectivity index (χ3v) is 8.27. The topological polar surface area (TPSA) is 64.4 Å². The van der Waals surface area contributed by atoms with E-state index in [1.165, 1.54) is 13.3 Å². The van der Waals surface area contributed by atoms with Crippen LogP contribution in [0.2, 0.25) is 10.2 Å². The van der Waals surface area contributed by atoms with Gasteiger partial charge in [0.05, 0.1) is 23.2 Å². The molecule has 0 unspecified atom stereocenters. The van der Waals surface area contributed by atoms with Crippen LogP contribution in [0.15, 0.2) is 24.4 Å². The molecule has 0 spiro atoms. The number of benzene rings is 1. The van der Waals surface area contributed by atoms with Crippen molar-refractivity contribution >= 4 is 46.0 Å². The average molecular weight is 532 g/mol. The fourth-order valence-corrected chi connectivity index (χ4v) is 5.65. The molecule has 5 rings (SSSR count). The summed E-state index contributed by atoms with van der Waals surface area (Å²) in [5.41, 5.74) is 3.53. The molecular weight excluding hydrogens is 504 g/mol. The lowest BCUT2D eigenvalue weighted by atomic mass is 9.93. The van der Waals surface area contributed by atoms with E-state index >= 15 is 0 Å². The van der Waals surface area contributed by atoms with E-state index in [9.17, 15) is 14.0 Å². The van der Waals surface area contributed by atoms with Gasteiger partial charge < -0.3 is 14.2 Å². The molecule has 2 aliphatic rings. The van der Waals surface area contributed by atoms with Gasteiger partial charge in [-0.3, -0.25) is 9.59 Å². The van der Waals surface area contributed by atoms with E-state index in [4.69, 9.17) is 27.9 Å². The molecule has 1 saturated carbocycles. The zero-order valence-corrected chi connectivity index (χ0v) is 21.8. The average Bonchev–Trinajstić information content (AvgIpc) is 3.67. The fraction of sp³-hybridized carbons (Fsp3) is 0.444. The number of halogens is 3. The number of aromatic nitrogens is 2. The molecule has 9 heteroatoms. The standard InChI is InChI=1S/C27H28Cl2FN3O3/c1-32-18(12-19-22(30)10-17(11-23(19)32)16-3-4-16)13-20-25(28)21(14-31-26(20)29)27(35)33-7-5-15(6-8-33)9-24(34)36-2/h10-12,14-16H,3-9,13H2,1-2H3. The first-order valence-electron chi connectivity index (χ1n) is 12.2. The third kappa shape index (κ3) is 4.83. The summed E-state index contributed by atoms with van der Waals surface area (Å²) in [5.74, 6) is -0.0247. The van der Waals surface area contributed by atoms with E-state index in [1.807, 2.05) is 17.7 Å². The van der Waals surface area contributed by atoms with Crippen LogP contribution in [-0.4, -0.2) is 46.5 Å². The molecule has 1 aliphatic carbocycles. The molecule has 36 heavy (non-hydrogen) atoms. The van der Waals surface area contributed by atoms with Crippen molar-refractivity contribution in [3.8, 4) is 0 Å². The molecule has 3 aromatic rings. The predicted octanol–water partition coefficient (Wildman–Crippen LogP) is 5.90. The molecule has 1 amide bonds. The van der Waals surface area contributed by atoms with Crippen LogP contribution in [0.4, 0.5) is 4.39 Å². The molecule has 1 aromatic carbocycles. The number of aryl methyl sites for hydroxylation is 1. The molecule has 2 aromatic heterocycles. The van der Waals surface area contributed by atoms with Gasteiger partial charge in [-0.25, -0.2) is 9.37 Å². The summed E-state index contributed by atoms with van der Waals surface area (Å²) in [7, 11) is 3.28. The van der Waals surface area contributed by atoms with Gasteiger partial charge in [0.15, 0.2) is 0 Å². The summed E-state index contributed by atoms with van der Waals surface area (Å²) < 4.78 is 21.6. The molecule has 0 atom stereocenters. The lowest BCUT2D eigenvalue weighted by molar-refractivity contribution is -0.142. The molecular formula is C27H28Cl2FN3O3. The van der Waals surface area contributed by atoms with Crippen molar-refractivity contribution in [3.05, 3.63) is 62.8 Å². The summed E-state index contributed by atoms with van der Waals surface area (Å²) in [6, 6.07) is 5.51. The summed E-state index contributed by atoms with van der Waals surface area (Å²) in [6.45, 7) is 1.06. The number of carbonyl (C=O) groups is 2. The van der Waals surface area contributed by atoms with Crippen LogP contribution in [0.3, 0.4) is 0 Å². The molecule has 2 fully saturated rings. The van der Waals surface area contributed by atoms with E-state index < -0.39 is 0 Å². The molecule has 190 valence electrons. The first kappa shape index (κ1) is 25.0. The fourth-order valence-electron chi connectivity index (χ4n) is 5.10. The summed E-state index contributed by atoms with van der Waals surface area (Å²) in [6.07, 6.45) is 5.73. The molecule has 1 aliphatic heterocycles. The number of ether oxygens (including phenoxy) is 1. The first-order valence-corrected chi connectivity index (χ1v) is 13.0. The number of amides is 1. The highest BCUT2D eigenvalue weighted by Gasteiger charge is 2.29. The van der Waals surface area contributed by atoms with Crippen molar-refractivity contribution < 1.29 is 18.7 Å². The summed E-state index contributed by atoms with van der Waals surface area (Å²) >= 11 is 13.2. The van der Waals surface area contributed by atoms with Crippen LogP contribution in [-0.2, 0) is 23.0 Å². The van der Waals surface area contributed by atoms with E-state index in [2.05, 4.69) is 11.1 Å². The maximum atomic E-state index is 14.9. The van der Waals surface area contributed by atoms with Crippen LogP contribution in [0.1, 0.15) is 65.2 Å². The van der Waals surface area contributed by atoms with Crippen molar-refractivity contribution in [1.29, 1.82) is 0 Å². The van der Waals surface area contributed by atoms with Gasteiger partial charge in [0.25, 0.3) is 5.91 Å². The molecule has 0 N–H and O–H groups in total. The van der Waals surface area contributed by atoms with Crippen molar-refractivity contribution in [3.63, 3.8) is 0 Å². The number of hydrogen-bond acceptors (Lipinski definition) is 4. The Hall–Kier alpha value is -2.64. The number of rotatable bonds is 6. The van der Waals surface area contributed by atoms with Crippen LogP contribution < -0.4 is 0 Å². The Morgan fingerprint density at radius 3 is 2.53 bits per heavy atom. The minimum atomic E-state index is -0.230. The van der Waals surface area contributed by atoms with Crippen LogP contribution in [0.25, 0.3) is 10.9 Å². The molecule has 1 saturated heterocycles. The third-order valence-electron chi connectivity index (χ3n) is 7.51. The smallest absolute Gasteiger partial charge is 0.305 e. The van der Waals surface area contributed by atoms with Gasteiger partial charge in [0.1, 0.15) is 11.0 Å². The summed E-state index contributed by atoms with van der Waals surface area (Å²) in [4.78, 5) is 30.8. The van der Waals surface area contributed by atoms with Gasteiger partial charge in [0, 0.05) is 55.8 Å². The highest BCUT2D eigenvalue weighted by molar-refractivity contribution is 6.37.